The molecule has 0 spiro atoms. The highest BCUT2D eigenvalue weighted by Crippen LogP contribution is 2.52. The van der Waals surface area contributed by atoms with Crippen LogP contribution in [0, 0.1) is 5.92 Å². The second kappa shape index (κ2) is 5.95. The summed E-state index contributed by atoms with van der Waals surface area (Å²) in [5, 5.41) is 11.5. The molecule has 0 saturated carbocycles. The summed E-state index contributed by atoms with van der Waals surface area (Å²) in [6, 6.07) is 0. The number of aliphatic hydroxyl groups is 1. The number of allylic oxidation sites excluding steroid dienone is 1. The quantitative estimate of drug-likeness (QED) is 0.355. The molecule has 6 nitrogen and oxygen atoms in total. The topological polar surface area (TPSA) is 85.4 Å². The van der Waals surface area contributed by atoms with Gasteiger partial charge in [0.1, 0.15) is 12.2 Å². The zero-order chi connectivity index (χ0) is 18.6. The Bertz CT molecular complexity index is 650. The molecule has 3 rings (SSSR count). The number of carbonyl (C=O) groups is 2. The average Bonchev–Trinajstić information content (AvgIpc) is 3.13. The van der Waals surface area contributed by atoms with E-state index in [1.165, 1.54) is 0 Å². The van der Waals surface area contributed by atoms with Crippen LogP contribution in [-0.2, 0) is 23.8 Å². The molecule has 2 fully saturated rings. The normalized spacial score (nSPS) is 40.7. The fourth-order valence-electron chi connectivity index (χ4n) is 3.67. The Hall–Kier alpha value is -1.66. The minimum absolute atomic E-state index is 0.0784. The summed E-state index contributed by atoms with van der Waals surface area (Å²) >= 11 is 0. The second-order valence-electron chi connectivity index (χ2n) is 7.85. The van der Waals surface area contributed by atoms with E-state index in [-0.39, 0.29) is 11.5 Å². The molecule has 0 bridgehead atoms. The summed E-state index contributed by atoms with van der Waals surface area (Å²) in [5.41, 5.74) is -1.37. The van der Waals surface area contributed by atoms with Crippen molar-refractivity contribution in [3.05, 3.63) is 23.8 Å². The van der Waals surface area contributed by atoms with Crippen molar-refractivity contribution in [2.75, 3.05) is 0 Å². The lowest BCUT2D eigenvalue weighted by atomic mass is 9.78. The molecule has 5 atom stereocenters. The van der Waals surface area contributed by atoms with Gasteiger partial charge >= 0.3 is 11.9 Å². The van der Waals surface area contributed by atoms with E-state index in [2.05, 4.69) is 12.7 Å². The molecule has 0 amide bonds. The van der Waals surface area contributed by atoms with E-state index in [9.17, 15) is 14.7 Å². The van der Waals surface area contributed by atoms with Crippen LogP contribution in [0.1, 0.15) is 47.0 Å². The molecular formula is C19H26O6. The molecule has 1 N–H and O–H groups in total. The molecule has 2 saturated heterocycles. The molecule has 3 aliphatic rings. The van der Waals surface area contributed by atoms with Crippen molar-refractivity contribution in [1.82, 2.24) is 0 Å². The molecule has 25 heavy (non-hydrogen) atoms. The zero-order valence-electron chi connectivity index (χ0n) is 15.2. The molecule has 6 heteroatoms. The van der Waals surface area contributed by atoms with Crippen molar-refractivity contribution in [3.63, 3.8) is 0 Å². The van der Waals surface area contributed by atoms with E-state index in [0.717, 1.165) is 18.4 Å². The second-order valence-corrected chi connectivity index (χ2v) is 7.85. The van der Waals surface area contributed by atoms with E-state index in [1.54, 1.807) is 13.8 Å². The van der Waals surface area contributed by atoms with Gasteiger partial charge in [-0.1, -0.05) is 32.1 Å². The maximum atomic E-state index is 12.2. The van der Waals surface area contributed by atoms with Crippen LogP contribution in [0.25, 0.3) is 0 Å². The fourth-order valence-corrected chi connectivity index (χ4v) is 3.67. The molecule has 0 aromatic carbocycles. The maximum Gasteiger partial charge on any atom is 0.337 e. The van der Waals surface area contributed by atoms with Crippen molar-refractivity contribution in [2.45, 2.75) is 76.5 Å². The summed E-state index contributed by atoms with van der Waals surface area (Å²) in [4.78, 5) is 24.4. The van der Waals surface area contributed by atoms with Crippen LogP contribution in [0.3, 0.4) is 0 Å². The van der Waals surface area contributed by atoms with Gasteiger partial charge in [0.15, 0.2) is 11.7 Å². The number of rotatable bonds is 2. The lowest BCUT2D eigenvalue weighted by Crippen LogP contribution is -2.55. The Morgan fingerprint density at radius 1 is 1.44 bits per heavy atom. The lowest BCUT2D eigenvalue weighted by Gasteiger charge is -2.36. The number of esters is 2. The van der Waals surface area contributed by atoms with Gasteiger partial charge in [0, 0.05) is 6.42 Å². The highest BCUT2D eigenvalue weighted by molar-refractivity contribution is 5.93. The van der Waals surface area contributed by atoms with Gasteiger partial charge in [-0.25, -0.2) is 4.79 Å². The number of epoxide rings is 1. The molecular weight excluding hydrogens is 324 g/mol. The molecule has 0 aromatic rings. The Kier molecular flexibility index (Phi) is 4.32. The van der Waals surface area contributed by atoms with Crippen LogP contribution in [-0.4, -0.2) is 46.6 Å². The van der Waals surface area contributed by atoms with Crippen LogP contribution in [0.5, 0.6) is 0 Å². The number of ether oxygens (including phenoxy) is 3. The van der Waals surface area contributed by atoms with Gasteiger partial charge in [-0.3, -0.25) is 4.79 Å². The Labute approximate surface area is 147 Å². The first-order valence-corrected chi connectivity index (χ1v) is 8.76. The van der Waals surface area contributed by atoms with E-state index in [0.29, 0.717) is 6.42 Å². The minimum atomic E-state index is -1.80. The van der Waals surface area contributed by atoms with Crippen molar-refractivity contribution in [3.8, 4) is 0 Å². The van der Waals surface area contributed by atoms with Gasteiger partial charge in [-0.15, -0.1) is 0 Å². The highest BCUT2D eigenvalue weighted by atomic mass is 16.7. The number of carbonyl (C=O) groups excluding carboxylic acids is 2. The Morgan fingerprint density at radius 2 is 2.12 bits per heavy atom. The van der Waals surface area contributed by atoms with Gasteiger partial charge in [0.05, 0.1) is 17.1 Å². The van der Waals surface area contributed by atoms with Crippen LogP contribution in [0.15, 0.2) is 23.8 Å². The smallest absolute Gasteiger partial charge is 0.337 e. The van der Waals surface area contributed by atoms with Gasteiger partial charge in [-0.2, -0.15) is 0 Å². The summed E-state index contributed by atoms with van der Waals surface area (Å²) < 4.78 is 16.8. The standard InChI is InChI=1S/C19H26O6/c1-10(2)16(20)23-13-9-11(3)7-6-8-18(5)14(25-18)15-19(13,22)12(4)17(21)24-15/h7,10,13-15,22H,4,6,8-9H2,1-3,5H3. The lowest BCUT2D eigenvalue weighted by molar-refractivity contribution is -0.173. The molecule has 1 aliphatic carbocycles. The van der Waals surface area contributed by atoms with Crippen molar-refractivity contribution >= 4 is 11.9 Å². The Morgan fingerprint density at radius 3 is 2.76 bits per heavy atom. The Balaban J connectivity index is 2.02. The van der Waals surface area contributed by atoms with E-state index in [4.69, 9.17) is 14.2 Å². The zero-order valence-corrected chi connectivity index (χ0v) is 15.2. The van der Waals surface area contributed by atoms with Crippen LogP contribution < -0.4 is 0 Å². The van der Waals surface area contributed by atoms with Crippen molar-refractivity contribution in [1.29, 1.82) is 0 Å². The number of fused-ring (bicyclic) bond motifs is 3. The largest absolute Gasteiger partial charge is 0.458 e. The maximum absolute atomic E-state index is 12.2. The molecule has 2 aliphatic heterocycles. The first kappa shape index (κ1) is 18.1. The molecule has 2 heterocycles. The predicted octanol–water partition coefficient (Wildman–Crippen LogP) is 2.05. The molecule has 138 valence electrons. The number of hydrogen-bond donors (Lipinski definition) is 1. The van der Waals surface area contributed by atoms with Gasteiger partial charge < -0.3 is 19.3 Å². The average molecular weight is 350 g/mol. The predicted molar refractivity (Wildman–Crippen MR) is 89.6 cm³/mol. The first-order chi connectivity index (χ1) is 11.6. The number of hydrogen-bond acceptors (Lipinski definition) is 6. The summed E-state index contributed by atoms with van der Waals surface area (Å²) in [5.74, 6) is -1.46. The van der Waals surface area contributed by atoms with E-state index < -0.39 is 41.5 Å². The molecule has 0 aromatic heterocycles. The first-order valence-electron chi connectivity index (χ1n) is 8.76. The SMILES string of the molecule is C=C1C(=O)OC2C3OC3(C)CCC=C(C)CC(OC(=O)C(C)C)C12O. The van der Waals surface area contributed by atoms with E-state index >= 15 is 0 Å². The van der Waals surface area contributed by atoms with E-state index in [1.807, 2.05) is 13.8 Å². The van der Waals surface area contributed by atoms with Crippen molar-refractivity contribution in [2.24, 2.45) is 5.92 Å². The summed E-state index contributed by atoms with van der Waals surface area (Å²) in [6.07, 6.45) is 1.64. The van der Waals surface area contributed by atoms with Crippen LogP contribution >= 0.6 is 0 Å². The van der Waals surface area contributed by atoms with Crippen LogP contribution in [0.4, 0.5) is 0 Å². The van der Waals surface area contributed by atoms with Gasteiger partial charge in [0.25, 0.3) is 0 Å². The third kappa shape index (κ3) is 2.91. The van der Waals surface area contributed by atoms with Crippen LogP contribution in [0.2, 0.25) is 0 Å². The fraction of sp³-hybridized carbons (Fsp3) is 0.684. The summed E-state index contributed by atoms with van der Waals surface area (Å²) in [7, 11) is 0. The third-order valence-electron chi connectivity index (χ3n) is 5.47. The summed E-state index contributed by atoms with van der Waals surface area (Å²) in [6.45, 7) is 11.0. The van der Waals surface area contributed by atoms with Crippen molar-refractivity contribution < 1.29 is 28.9 Å². The van der Waals surface area contributed by atoms with Gasteiger partial charge in [-0.05, 0) is 26.7 Å². The highest BCUT2D eigenvalue weighted by Gasteiger charge is 2.69. The molecule has 5 unspecified atom stereocenters. The third-order valence-corrected chi connectivity index (χ3v) is 5.47. The molecule has 0 radical (unpaired) electrons. The van der Waals surface area contributed by atoms with Gasteiger partial charge in [0.2, 0.25) is 0 Å². The minimum Gasteiger partial charge on any atom is -0.458 e. The monoisotopic (exact) mass is 350 g/mol.